The monoisotopic (exact) mass is 189 g/mol. The molecule has 0 aliphatic heterocycles. The van der Waals surface area contributed by atoms with E-state index in [2.05, 4.69) is 4.98 Å². The molecule has 0 saturated heterocycles. The van der Waals surface area contributed by atoms with Crippen molar-refractivity contribution in [1.29, 1.82) is 0 Å². The van der Waals surface area contributed by atoms with Crippen LogP contribution in [0.2, 0.25) is 0 Å². The third-order valence-electron chi connectivity index (χ3n) is 1.57. The molecule has 1 aromatic rings. The molecule has 1 heterocycles. The van der Waals surface area contributed by atoms with Gasteiger partial charge < -0.3 is 16.6 Å². The Morgan fingerprint density at radius 1 is 1.54 bits per heavy atom. The lowest BCUT2D eigenvalue weighted by Crippen LogP contribution is -2.07. The summed E-state index contributed by atoms with van der Waals surface area (Å²) in [5.41, 5.74) is 10.0. The lowest BCUT2D eigenvalue weighted by molar-refractivity contribution is 0.149. The zero-order chi connectivity index (χ0) is 10.0. The highest BCUT2D eigenvalue weighted by atomic mass is 19.3. The molecule has 72 valence electrons. The number of nitrogens with two attached hydrogens (primary N) is 2. The molecule has 0 fully saturated rings. The predicted molar refractivity (Wildman–Crippen MR) is 43.2 cm³/mol. The van der Waals surface area contributed by atoms with Gasteiger partial charge in [-0.1, -0.05) is 0 Å². The van der Waals surface area contributed by atoms with Crippen LogP contribution in [0.25, 0.3) is 0 Å². The van der Waals surface area contributed by atoms with Crippen molar-refractivity contribution in [3.8, 4) is 5.75 Å². The van der Waals surface area contributed by atoms with Crippen molar-refractivity contribution in [3.63, 3.8) is 0 Å². The Kier molecular flexibility index (Phi) is 2.62. The van der Waals surface area contributed by atoms with Gasteiger partial charge in [-0.15, -0.1) is 0 Å². The van der Waals surface area contributed by atoms with Gasteiger partial charge in [0.15, 0.2) is 11.6 Å². The van der Waals surface area contributed by atoms with Crippen molar-refractivity contribution in [3.05, 3.63) is 17.3 Å². The smallest absolute Gasteiger partial charge is 0.265 e. The highest BCUT2D eigenvalue weighted by molar-refractivity contribution is 5.48. The Balaban J connectivity index is 3.25. The molecule has 0 aliphatic rings. The molecule has 0 aromatic carbocycles. The van der Waals surface area contributed by atoms with Crippen molar-refractivity contribution < 1.29 is 13.9 Å². The molecule has 4 nitrogen and oxygen atoms in total. The minimum Gasteiger partial charge on any atom is -0.504 e. The van der Waals surface area contributed by atoms with E-state index in [0.29, 0.717) is 0 Å². The van der Waals surface area contributed by atoms with Crippen molar-refractivity contribution in [2.75, 3.05) is 5.73 Å². The van der Waals surface area contributed by atoms with Crippen molar-refractivity contribution >= 4 is 5.82 Å². The zero-order valence-corrected chi connectivity index (χ0v) is 6.67. The highest BCUT2D eigenvalue weighted by Crippen LogP contribution is 2.28. The summed E-state index contributed by atoms with van der Waals surface area (Å²) in [5, 5.41) is 9.01. The Morgan fingerprint density at radius 3 is 2.62 bits per heavy atom. The number of alkyl halides is 2. The topological polar surface area (TPSA) is 85.2 Å². The van der Waals surface area contributed by atoms with E-state index in [1.807, 2.05) is 0 Å². The largest absolute Gasteiger partial charge is 0.504 e. The molecule has 0 radical (unpaired) electrons. The number of halogens is 2. The average Bonchev–Trinajstić information content (AvgIpc) is 2.08. The van der Waals surface area contributed by atoms with Crippen LogP contribution in [0.1, 0.15) is 17.7 Å². The first-order chi connectivity index (χ1) is 6.06. The second-order valence-electron chi connectivity index (χ2n) is 2.43. The number of anilines is 1. The first-order valence-corrected chi connectivity index (χ1v) is 3.52. The standard InChI is InChI=1S/C7H9F2N3O/c8-6(9)3-1-5(13)7(11)12-4(3)2-10/h1,6,13H,2,10H2,(H2,11,12). The molecule has 0 spiro atoms. The van der Waals surface area contributed by atoms with Crippen molar-refractivity contribution in [2.45, 2.75) is 13.0 Å². The van der Waals surface area contributed by atoms with E-state index in [9.17, 15) is 8.78 Å². The third kappa shape index (κ3) is 1.83. The average molecular weight is 189 g/mol. The Bertz CT molecular complexity index is 317. The van der Waals surface area contributed by atoms with Crippen LogP contribution in [0.4, 0.5) is 14.6 Å². The third-order valence-corrected chi connectivity index (χ3v) is 1.57. The van der Waals surface area contributed by atoms with Gasteiger partial charge in [-0.05, 0) is 6.07 Å². The number of aromatic hydroxyl groups is 1. The number of pyridine rings is 1. The molecule has 6 heteroatoms. The number of hydrogen-bond acceptors (Lipinski definition) is 4. The SMILES string of the molecule is NCc1nc(N)c(O)cc1C(F)F. The molecule has 0 amide bonds. The summed E-state index contributed by atoms with van der Waals surface area (Å²) in [7, 11) is 0. The molecule has 0 atom stereocenters. The lowest BCUT2D eigenvalue weighted by atomic mass is 10.2. The molecule has 0 bridgehead atoms. The zero-order valence-electron chi connectivity index (χ0n) is 6.67. The van der Waals surface area contributed by atoms with Crippen molar-refractivity contribution in [2.24, 2.45) is 5.73 Å². The fourth-order valence-electron chi connectivity index (χ4n) is 0.924. The van der Waals surface area contributed by atoms with E-state index in [0.717, 1.165) is 6.07 Å². The van der Waals surface area contributed by atoms with E-state index in [4.69, 9.17) is 16.6 Å². The fourth-order valence-corrected chi connectivity index (χ4v) is 0.924. The summed E-state index contributed by atoms with van der Waals surface area (Å²) in [6.45, 7) is -0.135. The van der Waals surface area contributed by atoms with Crippen LogP contribution in [0.5, 0.6) is 5.75 Å². The summed E-state index contributed by atoms with van der Waals surface area (Å²) in [6, 6.07) is 0.884. The molecule has 1 rings (SSSR count). The summed E-state index contributed by atoms with van der Waals surface area (Å²) < 4.78 is 24.6. The Labute approximate surface area is 73.2 Å². The number of aromatic nitrogens is 1. The van der Waals surface area contributed by atoms with E-state index < -0.39 is 12.2 Å². The normalized spacial score (nSPS) is 10.8. The van der Waals surface area contributed by atoms with E-state index in [1.165, 1.54) is 0 Å². The second-order valence-corrected chi connectivity index (χ2v) is 2.43. The molecular weight excluding hydrogens is 180 g/mol. The molecule has 0 unspecified atom stereocenters. The number of hydrogen-bond donors (Lipinski definition) is 3. The van der Waals surface area contributed by atoms with Crippen molar-refractivity contribution in [1.82, 2.24) is 4.98 Å². The van der Waals surface area contributed by atoms with Gasteiger partial charge in [-0.25, -0.2) is 13.8 Å². The van der Waals surface area contributed by atoms with Gasteiger partial charge in [-0.3, -0.25) is 0 Å². The maximum absolute atomic E-state index is 12.3. The van der Waals surface area contributed by atoms with Gasteiger partial charge in [0.05, 0.1) is 5.69 Å². The summed E-state index contributed by atoms with van der Waals surface area (Å²) in [4.78, 5) is 3.54. The van der Waals surface area contributed by atoms with E-state index in [1.54, 1.807) is 0 Å². The summed E-state index contributed by atoms with van der Waals surface area (Å²) in [5.74, 6) is -0.641. The maximum Gasteiger partial charge on any atom is 0.265 e. The van der Waals surface area contributed by atoms with Gasteiger partial charge in [0.25, 0.3) is 6.43 Å². The quantitative estimate of drug-likeness (QED) is 0.641. The van der Waals surface area contributed by atoms with Gasteiger partial charge in [-0.2, -0.15) is 0 Å². The van der Waals surface area contributed by atoms with E-state index in [-0.39, 0.29) is 23.6 Å². The van der Waals surface area contributed by atoms with Gasteiger partial charge in [0.1, 0.15) is 0 Å². The van der Waals surface area contributed by atoms with Gasteiger partial charge in [0.2, 0.25) is 0 Å². The Hall–Kier alpha value is -1.43. The molecule has 1 aromatic heterocycles. The lowest BCUT2D eigenvalue weighted by Gasteiger charge is -2.07. The molecule has 13 heavy (non-hydrogen) atoms. The molecule has 5 N–H and O–H groups in total. The molecule has 0 saturated carbocycles. The Morgan fingerprint density at radius 2 is 2.15 bits per heavy atom. The highest BCUT2D eigenvalue weighted by Gasteiger charge is 2.15. The molecule has 0 aliphatic carbocycles. The van der Waals surface area contributed by atoms with Crippen LogP contribution in [0.15, 0.2) is 6.07 Å². The van der Waals surface area contributed by atoms with Crippen LogP contribution < -0.4 is 11.5 Å². The molecular formula is C7H9F2N3O. The number of rotatable bonds is 2. The van der Waals surface area contributed by atoms with Crippen LogP contribution in [0.3, 0.4) is 0 Å². The van der Waals surface area contributed by atoms with Gasteiger partial charge >= 0.3 is 0 Å². The summed E-state index contributed by atoms with van der Waals surface area (Å²) in [6.07, 6.45) is -2.71. The van der Waals surface area contributed by atoms with Crippen LogP contribution in [-0.2, 0) is 6.54 Å². The first-order valence-electron chi connectivity index (χ1n) is 3.52. The summed E-state index contributed by atoms with van der Waals surface area (Å²) >= 11 is 0. The van der Waals surface area contributed by atoms with E-state index >= 15 is 0 Å². The minimum absolute atomic E-state index is 0.00491. The van der Waals surface area contributed by atoms with Crippen LogP contribution in [-0.4, -0.2) is 10.1 Å². The predicted octanol–water partition coefficient (Wildman–Crippen LogP) is 0.766. The maximum atomic E-state index is 12.3. The van der Waals surface area contributed by atoms with Crippen LogP contribution >= 0.6 is 0 Å². The first kappa shape index (κ1) is 9.66. The van der Waals surface area contributed by atoms with Gasteiger partial charge in [0, 0.05) is 12.1 Å². The minimum atomic E-state index is -2.71. The van der Waals surface area contributed by atoms with Crippen LogP contribution in [0, 0.1) is 0 Å². The second kappa shape index (κ2) is 3.53. The number of nitrogen functional groups attached to an aromatic ring is 1. The fraction of sp³-hybridized carbons (Fsp3) is 0.286. The number of nitrogens with zero attached hydrogens (tertiary/aromatic N) is 1.